The molecule has 1 aromatic carbocycles. The first-order valence-corrected chi connectivity index (χ1v) is 10.7. The molecule has 7 heteroatoms. The lowest BCUT2D eigenvalue weighted by molar-refractivity contribution is 0.686. The second kappa shape index (κ2) is 8.51. The van der Waals surface area contributed by atoms with Gasteiger partial charge in [0.1, 0.15) is 23.1 Å². The molecule has 0 saturated carbocycles. The largest absolute Gasteiger partial charge is 0.308 e. The first kappa shape index (κ1) is 20.5. The average Bonchev–Trinajstić information content (AvgIpc) is 3.25. The van der Waals surface area contributed by atoms with Crippen molar-refractivity contribution in [3.63, 3.8) is 0 Å². The van der Waals surface area contributed by atoms with E-state index in [1.807, 2.05) is 36.5 Å². The smallest absolute Gasteiger partial charge is 0.160 e. The van der Waals surface area contributed by atoms with E-state index < -0.39 is 0 Å². The Balaban J connectivity index is 1.69. The second-order valence-electron chi connectivity index (χ2n) is 7.31. The summed E-state index contributed by atoms with van der Waals surface area (Å²) in [5.41, 5.74) is 5.31. The Morgan fingerprint density at radius 1 is 1.13 bits per heavy atom. The molecule has 3 heterocycles. The summed E-state index contributed by atoms with van der Waals surface area (Å²) in [4.78, 5) is 9.48. The number of imidazole rings is 1. The normalized spacial score (nSPS) is 11.2. The molecule has 0 aliphatic heterocycles. The number of aromatic nitrogens is 4. The van der Waals surface area contributed by atoms with Crippen molar-refractivity contribution in [2.24, 2.45) is 0 Å². The highest BCUT2D eigenvalue weighted by atomic mass is 35.5. The summed E-state index contributed by atoms with van der Waals surface area (Å²) in [5, 5.41) is 10.0. The van der Waals surface area contributed by atoms with E-state index >= 15 is 0 Å². The molecule has 0 atom stereocenters. The zero-order valence-corrected chi connectivity index (χ0v) is 18.4. The average molecular weight is 438 g/mol. The Morgan fingerprint density at radius 2 is 1.90 bits per heavy atom. The molecule has 0 amide bonds. The Bertz CT molecular complexity index is 1250. The maximum absolute atomic E-state index is 9.39. The van der Waals surface area contributed by atoms with Crippen LogP contribution in [-0.2, 0) is 13.0 Å². The maximum atomic E-state index is 9.39. The molecular formula is C23H21Cl2N5. The van der Waals surface area contributed by atoms with E-state index in [-0.39, 0.29) is 5.02 Å². The first-order valence-electron chi connectivity index (χ1n) is 9.90. The lowest BCUT2D eigenvalue weighted by Gasteiger charge is -2.10. The summed E-state index contributed by atoms with van der Waals surface area (Å²) in [6.45, 7) is 4.94. The van der Waals surface area contributed by atoms with E-state index in [0.29, 0.717) is 17.3 Å². The lowest BCUT2D eigenvalue weighted by Crippen LogP contribution is -2.06. The molecule has 4 aromatic rings. The van der Waals surface area contributed by atoms with Crippen molar-refractivity contribution in [1.29, 1.82) is 5.26 Å². The van der Waals surface area contributed by atoms with Crippen LogP contribution in [0.25, 0.3) is 16.9 Å². The SMILES string of the molecule is CCCCc1nc2c(C)ccnc2n1Cc1ccc(-n2cc(Cl)c(Cl)c2C#N)cc1. The Kier molecular flexibility index (Phi) is 5.80. The molecule has 0 aliphatic rings. The highest BCUT2D eigenvalue weighted by Gasteiger charge is 2.15. The van der Waals surface area contributed by atoms with Crippen LogP contribution < -0.4 is 0 Å². The number of aryl methyl sites for hydroxylation is 2. The van der Waals surface area contributed by atoms with Crippen molar-refractivity contribution in [3.8, 4) is 11.8 Å². The number of fused-ring (bicyclic) bond motifs is 1. The van der Waals surface area contributed by atoms with Gasteiger partial charge >= 0.3 is 0 Å². The summed E-state index contributed by atoms with van der Waals surface area (Å²) in [6.07, 6.45) is 6.64. The molecule has 30 heavy (non-hydrogen) atoms. The second-order valence-corrected chi connectivity index (χ2v) is 8.09. The van der Waals surface area contributed by atoms with Crippen LogP contribution in [0.4, 0.5) is 0 Å². The number of halogens is 2. The monoisotopic (exact) mass is 437 g/mol. The molecule has 0 saturated heterocycles. The van der Waals surface area contributed by atoms with Crippen molar-refractivity contribution in [1.82, 2.24) is 19.1 Å². The van der Waals surface area contributed by atoms with Gasteiger partial charge in [0.2, 0.25) is 0 Å². The lowest BCUT2D eigenvalue weighted by atomic mass is 10.2. The standard InChI is InChI=1S/C23H21Cl2N5/c1-3-4-5-20-28-22-15(2)10-11-27-23(22)30(20)13-16-6-8-17(9-7-16)29-14-18(24)21(25)19(29)12-26/h6-11,14H,3-5,13H2,1-2H3. The van der Waals surface area contributed by atoms with Crippen molar-refractivity contribution in [2.45, 2.75) is 39.7 Å². The molecule has 4 rings (SSSR count). The summed E-state index contributed by atoms with van der Waals surface area (Å²) < 4.78 is 3.91. The Hall–Kier alpha value is -2.81. The zero-order chi connectivity index (χ0) is 21.3. The number of pyridine rings is 1. The van der Waals surface area contributed by atoms with Gasteiger partial charge < -0.3 is 9.13 Å². The molecule has 0 spiro atoms. The van der Waals surface area contributed by atoms with Gasteiger partial charge in [-0.1, -0.05) is 48.7 Å². The fourth-order valence-electron chi connectivity index (χ4n) is 3.58. The minimum Gasteiger partial charge on any atom is -0.308 e. The van der Waals surface area contributed by atoms with E-state index in [1.165, 1.54) is 0 Å². The van der Waals surface area contributed by atoms with Gasteiger partial charge in [0.25, 0.3) is 0 Å². The van der Waals surface area contributed by atoms with Crippen molar-refractivity contribution in [2.75, 3.05) is 0 Å². The minimum atomic E-state index is 0.273. The summed E-state index contributed by atoms with van der Waals surface area (Å²) in [6, 6.07) is 12.1. The summed E-state index contributed by atoms with van der Waals surface area (Å²) in [7, 11) is 0. The number of rotatable bonds is 6. The van der Waals surface area contributed by atoms with Crippen LogP contribution in [0.5, 0.6) is 0 Å². The van der Waals surface area contributed by atoms with Crippen LogP contribution in [-0.4, -0.2) is 19.1 Å². The quantitative estimate of drug-likeness (QED) is 0.366. The van der Waals surface area contributed by atoms with E-state index in [1.54, 1.807) is 10.8 Å². The van der Waals surface area contributed by atoms with Gasteiger partial charge in [0.05, 0.1) is 16.6 Å². The van der Waals surface area contributed by atoms with Gasteiger partial charge in [-0.05, 0) is 42.7 Å². The third-order valence-corrected chi connectivity index (χ3v) is 6.00. The molecular weight excluding hydrogens is 417 g/mol. The van der Waals surface area contributed by atoms with Crippen molar-refractivity contribution in [3.05, 3.63) is 75.4 Å². The van der Waals surface area contributed by atoms with Crippen LogP contribution in [0.3, 0.4) is 0 Å². The topological polar surface area (TPSA) is 59.4 Å². The number of benzene rings is 1. The number of unbranched alkanes of at least 4 members (excludes halogenated alkanes) is 1. The zero-order valence-electron chi connectivity index (χ0n) is 16.9. The van der Waals surface area contributed by atoms with Gasteiger partial charge in [0.15, 0.2) is 5.65 Å². The summed E-state index contributed by atoms with van der Waals surface area (Å²) >= 11 is 12.2. The molecule has 152 valence electrons. The molecule has 3 aromatic heterocycles. The number of nitriles is 1. The van der Waals surface area contributed by atoms with Gasteiger partial charge in [-0.3, -0.25) is 0 Å². The molecule has 0 fully saturated rings. The Labute approximate surface area is 185 Å². The molecule has 0 aliphatic carbocycles. The van der Waals surface area contributed by atoms with E-state index in [2.05, 4.69) is 29.5 Å². The molecule has 0 radical (unpaired) electrons. The number of nitrogens with zero attached hydrogens (tertiary/aromatic N) is 5. The maximum Gasteiger partial charge on any atom is 0.160 e. The van der Waals surface area contributed by atoms with Crippen molar-refractivity contribution < 1.29 is 0 Å². The fourth-order valence-corrected chi connectivity index (χ4v) is 3.95. The van der Waals surface area contributed by atoms with E-state index in [9.17, 15) is 5.26 Å². The minimum absolute atomic E-state index is 0.273. The van der Waals surface area contributed by atoms with Gasteiger partial charge in [-0.15, -0.1) is 0 Å². The number of hydrogen-bond acceptors (Lipinski definition) is 3. The van der Waals surface area contributed by atoms with Crippen LogP contribution in [0.15, 0.2) is 42.7 Å². The van der Waals surface area contributed by atoms with E-state index in [4.69, 9.17) is 28.2 Å². The van der Waals surface area contributed by atoms with Crippen molar-refractivity contribution >= 4 is 34.4 Å². The fraction of sp³-hybridized carbons (Fsp3) is 0.261. The van der Waals surface area contributed by atoms with Crippen LogP contribution in [0, 0.1) is 18.3 Å². The molecule has 0 bridgehead atoms. The van der Waals surface area contributed by atoms with Gasteiger partial charge in [-0.25, -0.2) is 9.97 Å². The van der Waals surface area contributed by atoms with Crippen LogP contribution in [0.1, 0.15) is 42.4 Å². The summed E-state index contributed by atoms with van der Waals surface area (Å²) in [5.74, 6) is 1.06. The first-order chi connectivity index (χ1) is 14.5. The van der Waals surface area contributed by atoms with Gasteiger partial charge in [-0.2, -0.15) is 5.26 Å². The van der Waals surface area contributed by atoms with E-state index in [0.717, 1.165) is 53.1 Å². The predicted octanol–water partition coefficient (Wildman–Crippen LogP) is 6.10. The number of hydrogen-bond donors (Lipinski definition) is 0. The third-order valence-electron chi connectivity index (χ3n) is 5.23. The molecule has 0 N–H and O–H groups in total. The third kappa shape index (κ3) is 3.69. The van der Waals surface area contributed by atoms with Crippen LogP contribution in [0.2, 0.25) is 10.0 Å². The highest BCUT2D eigenvalue weighted by Crippen LogP contribution is 2.30. The molecule has 5 nitrogen and oxygen atoms in total. The van der Waals surface area contributed by atoms with Crippen LogP contribution >= 0.6 is 23.2 Å². The highest BCUT2D eigenvalue weighted by molar-refractivity contribution is 6.42. The Morgan fingerprint density at radius 3 is 2.60 bits per heavy atom. The predicted molar refractivity (Wildman–Crippen MR) is 120 cm³/mol. The molecule has 0 unspecified atom stereocenters. The van der Waals surface area contributed by atoms with Gasteiger partial charge in [0, 0.05) is 24.5 Å².